The van der Waals surface area contributed by atoms with Crippen molar-refractivity contribution in [3.05, 3.63) is 35.4 Å². The summed E-state index contributed by atoms with van der Waals surface area (Å²) in [6.45, 7) is 7.28. The molecular weight excluding hydrogens is 238 g/mol. The summed E-state index contributed by atoms with van der Waals surface area (Å²) in [5.41, 5.74) is 1.70. The van der Waals surface area contributed by atoms with Crippen molar-refractivity contribution < 1.29 is 4.79 Å². The van der Waals surface area contributed by atoms with Crippen LogP contribution in [0.25, 0.3) is 0 Å². The van der Waals surface area contributed by atoms with E-state index in [1.807, 2.05) is 19.1 Å². The Morgan fingerprint density at radius 3 is 2.42 bits per heavy atom. The lowest BCUT2D eigenvalue weighted by Crippen LogP contribution is -2.42. The minimum Gasteiger partial charge on any atom is -0.354 e. The number of rotatable bonds is 6. The number of nitriles is 1. The minimum absolute atomic E-state index is 0.0161. The number of carbonyl (C=O) groups excluding carboxylic acids is 1. The Morgan fingerprint density at radius 1 is 1.26 bits per heavy atom. The molecule has 1 aromatic rings. The summed E-state index contributed by atoms with van der Waals surface area (Å²) in [5, 5.41) is 14.8. The van der Waals surface area contributed by atoms with Gasteiger partial charge in [-0.25, -0.2) is 0 Å². The number of nitrogens with zero attached hydrogens (tertiary/aromatic N) is 1. The van der Waals surface area contributed by atoms with Gasteiger partial charge in [-0.2, -0.15) is 5.26 Å². The molecule has 0 bridgehead atoms. The fraction of sp³-hybridized carbons (Fsp3) is 0.467. The van der Waals surface area contributed by atoms with Gasteiger partial charge in [-0.3, -0.25) is 4.79 Å². The Hall–Kier alpha value is -1.86. The van der Waals surface area contributed by atoms with Gasteiger partial charge in [0, 0.05) is 13.1 Å². The molecule has 0 saturated carbocycles. The van der Waals surface area contributed by atoms with Crippen molar-refractivity contribution in [3.8, 4) is 6.07 Å². The van der Waals surface area contributed by atoms with Gasteiger partial charge in [-0.15, -0.1) is 0 Å². The molecule has 1 atom stereocenters. The standard InChI is InChI=1S/C15H21N3O/c1-11(2)9-18-15(19)12(3)17-10-14-6-4-13(8-16)5-7-14/h4-7,11-12,17H,9-10H2,1-3H3,(H,18,19). The summed E-state index contributed by atoms with van der Waals surface area (Å²) in [6.07, 6.45) is 0. The van der Waals surface area contributed by atoms with E-state index in [1.165, 1.54) is 0 Å². The zero-order valence-corrected chi connectivity index (χ0v) is 11.7. The van der Waals surface area contributed by atoms with Gasteiger partial charge >= 0.3 is 0 Å². The molecule has 0 aliphatic heterocycles. The molecule has 1 unspecified atom stereocenters. The molecule has 0 saturated heterocycles. The molecule has 1 rings (SSSR count). The molecule has 0 spiro atoms. The van der Waals surface area contributed by atoms with Crippen LogP contribution in [0, 0.1) is 17.2 Å². The third-order valence-corrected chi connectivity index (χ3v) is 2.77. The molecule has 0 radical (unpaired) electrons. The summed E-state index contributed by atoms with van der Waals surface area (Å²) in [4.78, 5) is 11.8. The molecule has 0 fully saturated rings. The van der Waals surface area contributed by atoms with E-state index in [0.717, 1.165) is 5.56 Å². The number of hydrogen-bond donors (Lipinski definition) is 2. The van der Waals surface area contributed by atoms with Crippen LogP contribution in [0.3, 0.4) is 0 Å². The zero-order valence-electron chi connectivity index (χ0n) is 11.7. The van der Waals surface area contributed by atoms with Gasteiger partial charge in [0.15, 0.2) is 0 Å². The van der Waals surface area contributed by atoms with Gasteiger partial charge < -0.3 is 10.6 Å². The van der Waals surface area contributed by atoms with Gasteiger partial charge in [0.05, 0.1) is 17.7 Å². The Kier molecular flexibility index (Phi) is 6.04. The van der Waals surface area contributed by atoms with Crippen molar-refractivity contribution in [2.24, 2.45) is 5.92 Å². The highest BCUT2D eigenvalue weighted by atomic mass is 16.2. The van der Waals surface area contributed by atoms with Gasteiger partial charge in [0.2, 0.25) is 5.91 Å². The maximum atomic E-state index is 11.8. The lowest BCUT2D eigenvalue weighted by Gasteiger charge is -2.15. The molecule has 4 nitrogen and oxygen atoms in total. The van der Waals surface area contributed by atoms with Crippen LogP contribution in [-0.2, 0) is 11.3 Å². The fourth-order valence-corrected chi connectivity index (χ4v) is 1.52. The average molecular weight is 259 g/mol. The summed E-state index contributed by atoms with van der Waals surface area (Å²) in [6, 6.07) is 9.20. The normalized spacial score (nSPS) is 11.9. The predicted octanol–water partition coefficient (Wildman–Crippen LogP) is 1.81. The van der Waals surface area contributed by atoms with Crippen molar-refractivity contribution in [3.63, 3.8) is 0 Å². The van der Waals surface area contributed by atoms with Crippen LogP contribution in [0.4, 0.5) is 0 Å². The van der Waals surface area contributed by atoms with Gasteiger partial charge in [0.1, 0.15) is 0 Å². The van der Waals surface area contributed by atoms with E-state index in [2.05, 4.69) is 30.6 Å². The number of carbonyl (C=O) groups is 1. The van der Waals surface area contributed by atoms with Crippen LogP contribution in [0.1, 0.15) is 31.9 Å². The number of nitrogens with one attached hydrogen (secondary N) is 2. The zero-order chi connectivity index (χ0) is 14.3. The molecule has 0 aliphatic rings. The quantitative estimate of drug-likeness (QED) is 0.819. The number of benzene rings is 1. The molecule has 0 aromatic heterocycles. The SMILES string of the molecule is CC(C)CNC(=O)C(C)NCc1ccc(C#N)cc1. The van der Waals surface area contributed by atoms with E-state index in [9.17, 15) is 4.79 Å². The molecule has 0 heterocycles. The number of amides is 1. The highest BCUT2D eigenvalue weighted by Gasteiger charge is 2.11. The van der Waals surface area contributed by atoms with Crippen LogP contribution in [0.2, 0.25) is 0 Å². The van der Waals surface area contributed by atoms with Crippen molar-refractivity contribution in [2.75, 3.05) is 6.54 Å². The fourth-order valence-electron chi connectivity index (χ4n) is 1.52. The topological polar surface area (TPSA) is 64.9 Å². The Balaban J connectivity index is 2.38. The first-order chi connectivity index (χ1) is 9.02. The van der Waals surface area contributed by atoms with E-state index < -0.39 is 0 Å². The second kappa shape index (κ2) is 7.55. The van der Waals surface area contributed by atoms with Crippen molar-refractivity contribution in [1.82, 2.24) is 10.6 Å². The van der Waals surface area contributed by atoms with Crippen molar-refractivity contribution in [2.45, 2.75) is 33.4 Å². The lowest BCUT2D eigenvalue weighted by atomic mass is 10.1. The third-order valence-electron chi connectivity index (χ3n) is 2.77. The van der Waals surface area contributed by atoms with Gasteiger partial charge in [-0.1, -0.05) is 26.0 Å². The van der Waals surface area contributed by atoms with Crippen LogP contribution in [-0.4, -0.2) is 18.5 Å². The first kappa shape index (κ1) is 15.2. The summed E-state index contributed by atoms with van der Waals surface area (Å²) >= 11 is 0. The van der Waals surface area contributed by atoms with Crippen molar-refractivity contribution >= 4 is 5.91 Å². The second-order valence-electron chi connectivity index (χ2n) is 5.05. The molecule has 1 amide bonds. The van der Waals surface area contributed by atoms with Crippen molar-refractivity contribution in [1.29, 1.82) is 5.26 Å². The Labute approximate surface area is 114 Å². The largest absolute Gasteiger partial charge is 0.354 e. The van der Waals surface area contributed by atoms with Gasteiger partial charge in [-0.05, 0) is 30.5 Å². The van der Waals surface area contributed by atoms with Crippen LogP contribution in [0.5, 0.6) is 0 Å². The monoisotopic (exact) mass is 259 g/mol. The molecule has 19 heavy (non-hydrogen) atoms. The Morgan fingerprint density at radius 2 is 1.89 bits per heavy atom. The van der Waals surface area contributed by atoms with Crippen LogP contribution in [0.15, 0.2) is 24.3 Å². The molecule has 0 aliphatic carbocycles. The minimum atomic E-state index is -0.227. The predicted molar refractivity (Wildman–Crippen MR) is 75.3 cm³/mol. The van der Waals surface area contributed by atoms with E-state index in [4.69, 9.17) is 5.26 Å². The summed E-state index contributed by atoms with van der Waals surface area (Å²) in [5.74, 6) is 0.469. The highest BCUT2D eigenvalue weighted by Crippen LogP contribution is 2.03. The van der Waals surface area contributed by atoms with E-state index >= 15 is 0 Å². The highest BCUT2D eigenvalue weighted by molar-refractivity contribution is 5.81. The average Bonchev–Trinajstić information content (AvgIpc) is 2.42. The first-order valence-corrected chi connectivity index (χ1v) is 6.53. The Bertz CT molecular complexity index is 445. The summed E-state index contributed by atoms with van der Waals surface area (Å²) in [7, 11) is 0. The molecular formula is C15H21N3O. The second-order valence-corrected chi connectivity index (χ2v) is 5.05. The smallest absolute Gasteiger partial charge is 0.236 e. The number of hydrogen-bond acceptors (Lipinski definition) is 3. The molecule has 102 valence electrons. The molecule has 4 heteroatoms. The third kappa shape index (κ3) is 5.54. The van der Waals surface area contributed by atoms with E-state index in [0.29, 0.717) is 24.6 Å². The lowest BCUT2D eigenvalue weighted by molar-refractivity contribution is -0.122. The summed E-state index contributed by atoms with van der Waals surface area (Å²) < 4.78 is 0. The van der Waals surface area contributed by atoms with Crippen LogP contribution < -0.4 is 10.6 Å². The molecule has 2 N–H and O–H groups in total. The van der Waals surface area contributed by atoms with Gasteiger partial charge in [0.25, 0.3) is 0 Å². The van der Waals surface area contributed by atoms with E-state index in [1.54, 1.807) is 12.1 Å². The first-order valence-electron chi connectivity index (χ1n) is 6.53. The maximum Gasteiger partial charge on any atom is 0.236 e. The van der Waals surface area contributed by atoms with Crippen LogP contribution >= 0.6 is 0 Å². The molecule has 1 aromatic carbocycles. The van der Waals surface area contributed by atoms with E-state index in [-0.39, 0.29) is 11.9 Å². The maximum absolute atomic E-state index is 11.8.